The number of aromatic nitrogens is 4. The number of hydrogen-bond acceptors (Lipinski definition) is 8. The lowest BCUT2D eigenvalue weighted by Crippen LogP contribution is -2.33. The molecule has 3 N–H and O–H groups in total. The lowest BCUT2D eigenvalue weighted by atomic mass is 10.0. The van der Waals surface area contributed by atoms with Crippen LogP contribution in [-0.2, 0) is 9.47 Å². The summed E-state index contributed by atoms with van der Waals surface area (Å²) in [7, 11) is 1.52. The van der Waals surface area contributed by atoms with E-state index in [1.54, 1.807) is 10.9 Å². The van der Waals surface area contributed by atoms with Crippen LogP contribution in [0.5, 0.6) is 0 Å². The maximum Gasteiger partial charge on any atom is 0.167 e. The summed E-state index contributed by atoms with van der Waals surface area (Å²) in [5.41, 5.74) is 2.24. The van der Waals surface area contributed by atoms with E-state index in [1.807, 2.05) is 18.2 Å². The summed E-state index contributed by atoms with van der Waals surface area (Å²) in [5, 5.41) is 24.1. The van der Waals surface area contributed by atoms with Crippen LogP contribution in [0.2, 0.25) is 0 Å². The first-order chi connectivity index (χ1) is 14.1. The van der Waals surface area contributed by atoms with Gasteiger partial charge in [-0.05, 0) is 12.0 Å². The molecule has 1 aliphatic heterocycles. The topological polar surface area (TPSA) is 115 Å². The van der Waals surface area contributed by atoms with E-state index < -0.39 is 24.5 Å². The van der Waals surface area contributed by atoms with E-state index in [0.717, 1.165) is 12.0 Å². The Morgan fingerprint density at radius 2 is 1.97 bits per heavy atom. The first kappa shape index (κ1) is 19.7. The molecular formula is C20H25N5O4. The summed E-state index contributed by atoms with van der Waals surface area (Å²) in [6, 6.07) is 10.2. The number of anilines is 1. The summed E-state index contributed by atoms with van der Waals surface area (Å²) in [5.74, 6) is 0.603. The molecule has 0 saturated carbocycles. The second-order valence-corrected chi connectivity index (χ2v) is 7.06. The monoisotopic (exact) mass is 399 g/mol. The molecule has 1 aromatic carbocycles. The van der Waals surface area contributed by atoms with Gasteiger partial charge in [-0.25, -0.2) is 15.0 Å². The van der Waals surface area contributed by atoms with Gasteiger partial charge in [0.2, 0.25) is 0 Å². The quantitative estimate of drug-likeness (QED) is 0.550. The second kappa shape index (κ2) is 8.42. The van der Waals surface area contributed by atoms with Crippen LogP contribution in [0.1, 0.15) is 31.2 Å². The number of imidazole rings is 1. The molecule has 0 amide bonds. The molecule has 29 heavy (non-hydrogen) atoms. The Balaban J connectivity index is 1.64. The molecule has 9 nitrogen and oxygen atoms in total. The predicted octanol–water partition coefficient (Wildman–Crippen LogP) is 1.66. The highest BCUT2D eigenvalue weighted by Gasteiger charge is 2.44. The number of benzene rings is 1. The van der Waals surface area contributed by atoms with Gasteiger partial charge in [0.05, 0.1) is 19.0 Å². The van der Waals surface area contributed by atoms with Crippen molar-refractivity contribution in [3.05, 3.63) is 48.5 Å². The number of nitrogens with zero attached hydrogens (tertiary/aromatic N) is 4. The number of fused-ring (bicyclic) bond motifs is 1. The lowest BCUT2D eigenvalue weighted by Gasteiger charge is -2.19. The van der Waals surface area contributed by atoms with E-state index in [0.29, 0.717) is 17.0 Å². The van der Waals surface area contributed by atoms with Crippen LogP contribution in [0.3, 0.4) is 0 Å². The van der Waals surface area contributed by atoms with Crippen molar-refractivity contribution >= 4 is 17.0 Å². The zero-order valence-electron chi connectivity index (χ0n) is 16.3. The van der Waals surface area contributed by atoms with Crippen molar-refractivity contribution in [1.82, 2.24) is 19.5 Å². The minimum Gasteiger partial charge on any atom is -0.387 e. The first-order valence-corrected chi connectivity index (χ1v) is 9.63. The van der Waals surface area contributed by atoms with Crippen LogP contribution in [0.25, 0.3) is 11.2 Å². The molecule has 3 aromatic rings. The standard InChI is InChI=1S/C20H25N5O4/c1-3-13(12-7-5-4-6-8-12)24-18-15-19(22-10-21-18)25(11-23-15)20-17(27)16(26)14(29-20)9-28-2/h4-8,10-11,13-14,16-17,20,26-27H,3,9H2,1-2H3,(H,21,22,24)/t13-,14+,16-,17?,20+/m0/s1. The number of nitrogens with one attached hydrogen (secondary N) is 1. The number of methoxy groups -OCH3 is 1. The lowest BCUT2D eigenvalue weighted by molar-refractivity contribution is -0.0580. The van der Waals surface area contributed by atoms with E-state index in [1.165, 1.54) is 13.4 Å². The van der Waals surface area contributed by atoms with Crippen LogP contribution in [0, 0.1) is 0 Å². The molecule has 0 aliphatic carbocycles. The second-order valence-electron chi connectivity index (χ2n) is 7.06. The van der Waals surface area contributed by atoms with Crippen molar-refractivity contribution in [2.75, 3.05) is 19.0 Å². The van der Waals surface area contributed by atoms with E-state index in [9.17, 15) is 10.2 Å². The Hall–Kier alpha value is -2.59. The summed E-state index contributed by atoms with van der Waals surface area (Å²) in [4.78, 5) is 13.1. The highest BCUT2D eigenvalue weighted by molar-refractivity contribution is 5.83. The maximum absolute atomic E-state index is 10.4. The Morgan fingerprint density at radius 1 is 1.17 bits per heavy atom. The van der Waals surface area contributed by atoms with Gasteiger partial charge in [-0.2, -0.15) is 0 Å². The van der Waals surface area contributed by atoms with Gasteiger partial charge in [0.15, 0.2) is 23.2 Å². The molecule has 9 heteroatoms. The van der Waals surface area contributed by atoms with Crippen molar-refractivity contribution in [3.63, 3.8) is 0 Å². The fourth-order valence-corrected chi connectivity index (χ4v) is 3.68. The summed E-state index contributed by atoms with van der Waals surface area (Å²) in [6.45, 7) is 2.28. The van der Waals surface area contributed by atoms with Crippen molar-refractivity contribution in [3.8, 4) is 0 Å². The van der Waals surface area contributed by atoms with Gasteiger partial charge in [0.25, 0.3) is 0 Å². The van der Waals surface area contributed by atoms with Gasteiger partial charge < -0.3 is 25.0 Å². The molecule has 0 spiro atoms. The van der Waals surface area contributed by atoms with Gasteiger partial charge in [-0.3, -0.25) is 4.57 Å². The molecule has 1 fully saturated rings. The highest BCUT2D eigenvalue weighted by Crippen LogP contribution is 2.33. The molecule has 3 heterocycles. The Labute approximate surface area is 168 Å². The summed E-state index contributed by atoms with van der Waals surface area (Å²) < 4.78 is 12.5. The SMILES string of the molecule is CC[C@H](Nc1ncnc2c1ncn2[C@@H]1O[C@H](COC)[C@H](O)C1O)c1ccccc1. The van der Waals surface area contributed by atoms with E-state index in [-0.39, 0.29) is 12.6 Å². The van der Waals surface area contributed by atoms with E-state index >= 15 is 0 Å². The number of ether oxygens (including phenoxy) is 2. The molecular weight excluding hydrogens is 374 g/mol. The normalized spacial score (nSPS) is 25.4. The molecule has 0 bridgehead atoms. The van der Waals surface area contributed by atoms with Gasteiger partial charge in [-0.1, -0.05) is 37.3 Å². The zero-order valence-corrected chi connectivity index (χ0v) is 16.3. The van der Waals surface area contributed by atoms with Crippen molar-refractivity contribution in [2.24, 2.45) is 0 Å². The van der Waals surface area contributed by atoms with Gasteiger partial charge in [0, 0.05) is 7.11 Å². The fourth-order valence-electron chi connectivity index (χ4n) is 3.68. The van der Waals surface area contributed by atoms with Crippen LogP contribution in [-0.4, -0.2) is 61.8 Å². The molecule has 1 unspecified atom stereocenters. The van der Waals surface area contributed by atoms with Gasteiger partial charge in [-0.15, -0.1) is 0 Å². The molecule has 154 valence electrons. The van der Waals surface area contributed by atoms with E-state index in [2.05, 4.69) is 39.3 Å². The van der Waals surface area contributed by atoms with E-state index in [4.69, 9.17) is 9.47 Å². The Morgan fingerprint density at radius 3 is 2.69 bits per heavy atom. The third-order valence-corrected chi connectivity index (χ3v) is 5.22. The summed E-state index contributed by atoms with van der Waals surface area (Å²) >= 11 is 0. The highest BCUT2D eigenvalue weighted by atomic mass is 16.6. The number of hydrogen-bond donors (Lipinski definition) is 3. The minimum absolute atomic E-state index is 0.0701. The van der Waals surface area contributed by atoms with Crippen molar-refractivity contribution < 1.29 is 19.7 Å². The summed E-state index contributed by atoms with van der Waals surface area (Å²) in [6.07, 6.45) is 0.250. The van der Waals surface area contributed by atoms with Crippen LogP contribution < -0.4 is 5.32 Å². The number of aliphatic hydroxyl groups excluding tert-OH is 2. The average molecular weight is 399 g/mol. The largest absolute Gasteiger partial charge is 0.387 e. The number of aliphatic hydroxyl groups is 2. The van der Waals surface area contributed by atoms with Crippen LogP contribution >= 0.6 is 0 Å². The molecule has 1 aliphatic rings. The number of rotatable bonds is 7. The minimum atomic E-state index is -1.12. The molecule has 2 aromatic heterocycles. The first-order valence-electron chi connectivity index (χ1n) is 9.63. The van der Waals surface area contributed by atoms with Crippen LogP contribution in [0.4, 0.5) is 5.82 Å². The molecule has 5 atom stereocenters. The molecule has 4 rings (SSSR count). The van der Waals surface area contributed by atoms with Crippen molar-refractivity contribution in [2.45, 2.75) is 43.9 Å². The fraction of sp³-hybridized carbons (Fsp3) is 0.450. The zero-order chi connectivity index (χ0) is 20.4. The van der Waals surface area contributed by atoms with Gasteiger partial charge >= 0.3 is 0 Å². The molecule has 0 radical (unpaired) electrons. The Kier molecular flexibility index (Phi) is 5.72. The maximum atomic E-state index is 10.4. The van der Waals surface area contributed by atoms with Crippen LogP contribution in [0.15, 0.2) is 43.0 Å². The Bertz CT molecular complexity index is 950. The third-order valence-electron chi connectivity index (χ3n) is 5.22. The average Bonchev–Trinajstić information content (AvgIpc) is 3.30. The van der Waals surface area contributed by atoms with Crippen molar-refractivity contribution in [1.29, 1.82) is 0 Å². The van der Waals surface area contributed by atoms with Gasteiger partial charge in [0.1, 0.15) is 24.6 Å². The molecule has 1 saturated heterocycles. The predicted molar refractivity (Wildman–Crippen MR) is 106 cm³/mol. The smallest absolute Gasteiger partial charge is 0.167 e. The third kappa shape index (κ3) is 3.69.